The molecule has 1 heterocycles. The second-order valence-corrected chi connectivity index (χ2v) is 4.95. The van der Waals surface area contributed by atoms with Crippen LogP contribution in [0.4, 0.5) is 4.79 Å². The number of hydrogen-bond acceptors (Lipinski definition) is 4. The van der Waals surface area contributed by atoms with Crippen LogP contribution in [0.25, 0.3) is 0 Å². The van der Waals surface area contributed by atoms with E-state index >= 15 is 0 Å². The molecular weight excluding hydrogens is 294 g/mol. The van der Waals surface area contributed by atoms with Gasteiger partial charge in [0.1, 0.15) is 12.4 Å². The molecule has 1 aromatic carbocycles. The van der Waals surface area contributed by atoms with Crippen molar-refractivity contribution >= 4 is 6.03 Å². The van der Waals surface area contributed by atoms with Crippen molar-refractivity contribution in [2.45, 2.75) is 13.5 Å². The molecule has 122 valence electrons. The van der Waals surface area contributed by atoms with E-state index in [2.05, 4.69) is 15.6 Å². The number of pyridine rings is 1. The van der Waals surface area contributed by atoms with Crippen LogP contribution in [0.5, 0.6) is 11.6 Å². The third-order valence-electron chi connectivity index (χ3n) is 3.13. The number of carbonyl (C=O) groups excluding carboxylic acids is 1. The molecule has 0 saturated carbocycles. The summed E-state index contributed by atoms with van der Waals surface area (Å²) in [5, 5.41) is 5.49. The van der Waals surface area contributed by atoms with E-state index in [0.29, 0.717) is 25.6 Å². The van der Waals surface area contributed by atoms with Gasteiger partial charge in [-0.3, -0.25) is 0 Å². The molecule has 0 spiro atoms. The maximum Gasteiger partial charge on any atom is 0.315 e. The average Bonchev–Trinajstić information content (AvgIpc) is 2.57. The van der Waals surface area contributed by atoms with E-state index in [1.807, 2.05) is 37.3 Å². The van der Waals surface area contributed by atoms with Gasteiger partial charge in [-0.2, -0.15) is 0 Å². The van der Waals surface area contributed by atoms with Crippen LogP contribution in [-0.2, 0) is 6.54 Å². The summed E-state index contributed by atoms with van der Waals surface area (Å²) in [5.74, 6) is 1.31. The second-order valence-electron chi connectivity index (χ2n) is 4.95. The van der Waals surface area contributed by atoms with Gasteiger partial charge in [-0.1, -0.05) is 18.2 Å². The number of urea groups is 1. The van der Waals surface area contributed by atoms with Crippen LogP contribution in [-0.4, -0.2) is 31.3 Å². The Balaban J connectivity index is 1.67. The van der Waals surface area contributed by atoms with E-state index in [1.165, 1.54) is 0 Å². The molecule has 2 N–H and O–H groups in total. The Morgan fingerprint density at radius 2 is 2.09 bits per heavy atom. The summed E-state index contributed by atoms with van der Waals surface area (Å²) in [6, 6.07) is 11.2. The minimum atomic E-state index is -0.260. The summed E-state index contributed by atoms with van der Waals surface area (Å²) in [5.41, 5.74) is 1.96. The third-order valence-corrected chi connectivity index (χ3v) is 3.13. The fourth-order valence-corrected chi connectivity index (χ4v) is 2.02. The maximum absolute atomic E-state index is 11.7. The first-order valence-electron chi connectivity index (χ1n) is 7.38. The number of hydrogen-bond donors (Lipinski definition) is 2. The molecule has 0 aliphatic heterocycles. The first-order chi connectivity index (χ1) is 11.2. The minimum absolute atomic E-state index is 0.260. The van der Waals surface area contributed by atoms with Gasteiger partial charge in [0.05, 0.1) is 13.7 Å². The zero-order chi connectivity index (χ0) is 16.5. The Hall–Kier alpha value is -2.76. The van der Waals surface area contributed by atoms with E-state index in [4.69, 9.17) is 9.47 Å². The van der Waals surface area contributed by atoms with Crippen LogP contribution < -0.4 is 20.1 Å². The van der Waals surface area contributed by atoms with Crippen molar-refractivity contribution in [3.05, 3.63) is 53.7 Å². The number of ether oxygens (including phenoxy) is 2. The van der Waals surface area contributed by atoms with E-state index in [9.17, 15) is 4.79 Å². The van der Waals surface area contributed by atoms with Crippen molar-refractivity contribution < 1.29 is 14.3 Å². The van der Waals surface area contributed by atoms with Gasteiger partial charge in [-0.15, -0.1) is 0 Å². The lowest BCUT2D eigenvalue weighted by atomic mass is 10.2. The zero-order valence-corrected chi connectivity index (χ0v) is 13.3. The molecule has 0 aliphatic rings. The van der Waals surface area contributed by atoms with E-state index < -0.39 is 0 Å². The molecule has 0 saturated heterocycles. The number of nitrogens with one attached hydrogen (secondary N) is 2. The number of amides is 2. The van der Waals surface area contributed by atoms with Crippen molar-refractivity contribution in [3.63, 3.8) is 0 Å². The molecule has 2 aromatic rings. The fourth-order valence-electron chi connectivity index (χ4n) is 2.02. The SMILES string of the molecule is COc1ncccc1CNC(=O)NCCOc1cccc(C)c1. The summed E-state index contributed by atoms with van der Waals surface area (Å²) in [6.07, 6.45) is 1.64. The predicted molar refractivity (Wildman–Crippen MR) is 87.7 cm³/mol. The van der Waals surface area contributed by atoms with Crippen LogP contribution in [0.2, 0.25) is 0 Å². The van der Waals surface area contributed by atoms with Crippen LogP contribution >= 0.6 is 0 Å². The van der Waals surface area contributed by atoms with Gasteiger partial charge in [-0.25, -0.2) is 9.78 Å². The van der Waals surface area contributed by atoms with E-state index in [0.717, 1.165) is 16.9 Å². The Morgan fingerprint density at radius 1 is 1.22 bits per heavy atom. The normalized spacial score (nSPS) is 10.0. The van der Waals surface area contributed by atoms with Crippen LogP contribution in [0.15, 0.2) is 42.6 Å². The first-order valence-corrected chi connectivity index (χ1v) is 7.38. The van der Waals surface area contributed by atoms with Gasteiger partial charge >= 0.3 is 6.03 Å². The molecular formula is C17H21N3O3. The predicted octanol–water partition coefficient (Wildman–Crippen LogP) is 2.28. The molecule has 6 nitrogen and oxygen atoms in total. The highest BCUT2D eigenvalue weighted by Crippen LogP contribution is 2.13. The van der Waals surface area contributed by atoms with Gasteiger partial charge in [0.2, 0.25) is 5.88 Å². The smallest absolute Gasteiger partial charge is 0.315 e. The molecule has 2 rings (SSSR count). The van der Waals surface area contributed by atoms with Crippen LogP contribution in [0.1, 0.15) is 11.1 Å². The summed E-state index contributed by atoms with van der Waals surface area (Å²) in [7, 11) is 1.55. The van der Waals surface area contributed by atoms with Crippen molar-refractivity contribution in [1.82, 2.24) is 15.6 Å². The lowest BCUT2D eigenvalue weighted by Gasteiger charge is -2.10. The van der Waals surface area contributed by atoms with Crippen molar-refractivity contribution in [2.24, 2.45) is 0 Å². The summed E-state index contributed by atoms with van der Waals surface area (Å²) in [4.78, 5) is 15.8. The molecule has 1 aromatic heterocycles. The summed E-state index contributed by atoms with van der Waals surface area (Å²) < 4.78 is 10.7. The number of rotatable bonds is 7. The molecule has 0 atom stereocenters. The van der Waals surface area contributed by atoms with Gasteiger partial charge in [0.15, 0.2) is 0 Å². The number of aromatic nitrogens is 1. The Morgan fingerprint density at radius 3 is 2.87 bits per heavy atom. The molecule has 0 aliphatic carbocycles. The van der Waals surface area contributed by atoms with Crippen LogP contribution in [0, 0.1) is 6.92 Å². The van der Waals surface area contributed by atoms with Gasteiger partial charge in [0.25, 0.3) is 0 Å². The number of benzene rings is 1. The Kier molecular flexibility index (Phi) is 6.23. The third kappa shape index (κ3) is 5.50. The topological polar surface area (TPSA) is 72.5 Å². The maximum atomic E-state index is 11.7. The highest BCUT2D eigenvalue weighted by Gasteiger charge is 2.05. The minimum Gasteiger partial charge on any atom is -0.492 e. The highest BCUT2D eigenvalue weighted by molar-refractivity contribution is 5.73. The van der Waals surface area contributed by atoms with Gasteiger partial charge in [-0.05, 0) is 30.7 Å². The number of nitrogens with zero attached hydrogens (tertiary/aromatic N) is 1. The van der Waals surface area contributed by atoms with E-state index in [1.54, 1.807) is 19.4 Å². The van der Waals surface area contributed by atoms with Crippen molar-refractivity contribution in [2.75, 3.05) is 20.3 Å². The number of aryl methyl sites for hydroxylation is 1. The average molecular weight is 315 g/mol. The Bertz CT molecular complexity index is 646. The first kappa shape index (κ1) is 16.6. The van der Waals surface area contributed by atoms with Crippen molar-refractivity contribution in [3.8, 4) is 11.6 Å². The van der Waals surface area contributed by atoms with Crippen LogP contribution in [0.3, 0.4) is 0 Å². The molecule has 0 fully saturated rings. The highest BCUT2D eigenvalue weighted by atomic mass is 16.5. The fraction of sp³-hybridized carbons (Fsp3) is 0.294. The number of methoxy groups -OCH3 is 1. The van der Waals surface area contributed by atoms with E-state index in [-0.39, 0.29) is 6.03 Å². The largest absolute Gasteiger partial charge is 0.492 e. The van der Waals surface area contributed by atoms with Crippen molar-refractivity contribution in [1.29, 1.82) is 0 Å². The Labute approximate surface area is 135 Å². The molecule has 0 unspecified atom stereocenters. The molecule has 2 amide bonds. The summed E-state index contributed by atoms with van der Waals surface area (Å²) in [6.45, 7) is 3.18. The molecule has 0 bridgehead atoms. The zero-order valence-electron chi connectivity index (χ0n) is 13.3. The number of carbonyl (C=O) groups is 1. The van der Waals surface area contributed by atoms with Gasteiger partial charge in [0, 0.05) is 18.3 Å². The molecule has 6 heteroatoms. The molecule has 0 radical (unpaired) electrons. The summed E-state index contributed by atoms with van der Waals surface area (Å²) >= 11 is 0. The second kappa shape index (κ2) is 8.63. The standard InChI is InChI=1S/C17H21N3O3/c1-13-5-3-7-15(11-13)23-10-9-19-17(21)20-12-14-6-4-8-18-16(14)22-2/h3-8,11H,9-10,12H2,1-2H3,(H2,19,20,21). The lowest BCUT2D eigenvalue weighted by molar-refractivity contribution is 0.236. The monoisotopic (exact) mass is 315 g/mol. The van der Waals surface area contributed by atoms with Gasteiger partial charge < -0.3 is 20.1 Å². The quantitative estimate of drug-likeness (QED) is 0.769. The molecule has 23 heavy (non-hydrogen) atoms. The lowest BCUT2D eigenvalue weighted by Crippen LogP contribution is -2.37.